The van der Waals surface area contributed by atoms with Crippen molar-refractivity contribution in [3.05, 3.63) is 59.7 Å². The molecular weight excluding hydrogens is 270 g/mol. The highest BCUT2D eigenvalue weighted by molar-refractivity contribution is 5.51. The lowest BCUT2D eigenvalue weighted by molar-refractivity contribution is 0.506. The van der Waals surface area contributed by atoms with Gasteiger partial charge < -0.3 is 16.0 Å². The van der Waals surface area contributed by atoms with E-state index in [9.17, 15) is 0 Å². The second kappa shape index (κ2) is 6.84. The first-order valence-corrected chi connectivity index (χ1v) is 8.11. The van der Waals surface area contributed by atoms with Gasteiger partial charge in [-0.05, 0) is 49.6 Å². The first-order chi connectivity index (χ1) is 10.7. The topological polar surface area (TPSA) is 41.3 Å². The molecule has 2 aromatic carbocycles. The summed E-state index contributed by atoms with van der Waals surface area (Å²) in [6.07, 6.45) is 2.33. The van der Waals surface area contributed by atoms with Gasteiger partial charge in [0.25, 0.3) is 0 Å². The van der Waals surface area contributed by atoms with Gasteiger partial charge in [0.1, 0.15) is 0 Å². The Kier molecular flexibility index (Phi) is 4.64. The number of nitrogens with two attached hydrogens (primary N) is 1. The molecule has 3 heteroatoms. The van der Waals surface area contributed by atoms with Crippen LogP contribution in [-0.4, -0.2) is 19.1 Å². The van der Waals surface area contributed by atoms with Gasteiger partial charge in [-0.25, -0.2) is 0 Å². The van der Waals surface area contributed by atoms with Crippen molar-refractivity contribution in [3.8, 4) is 0 Å². The van der Waals surface area contributed by atoms with Crippen molar-refractivity contribution in [2.75, 3.05) is 23.3 Å². The van der Waals surface area contributed by atoms with Crippen molar-refractivity contribution >= 4 is 11.4 Å². The first kappa shape index (κ1) is 14.9. The third-order valence-corrected chi connectivity index (χ3v) is 4.28. The molecular formula is C19H25N3. The molecule has 1 saturated heterocycles. The van der Waals surface area contributed by atoms with Crippen molar-refractivity contribution in [1.82, 2.24) is 0 Å². The van der Waals surface area contributed by atoms with Crippen molar-refractivity contribution in [2.45, 2.75) is 32.4 Å². The summed E-state index contributed by atoms with van der Waals surface area (Å²) in [7, 11) is 0. The summed E-state index contributed by atoms with van der Waals surface area (Å²) in [4.78, 5) is 2.41. The molecule has 22 heavy (non-hydrogen) atoms. The van der Waals surface area contributed by atoms with Crippen LogP contribution in [0.4, 0.5) is 11.4 Å². The van der Waals surface area contributed by atoms with Crippen molar-refractivity contribution < 1.29 is 0 Å². The van der Waals surface area contributed by atoms with Gasteiger partial charge in [0.15, 0.2) is 0 Å². The summed E-state index contributed by atoms with van der Waals surface area (Å²) in [5.41, 5.74) is 11.1. The van der Waals surface area contributed by atoms with E-state index < -0.39 is 0 Å². The molecule has 1 heterocycles. The molecule has 1 unspecified atom stereocenters. The highest BCUT2D eigenvalue weighted by atomic mass is 15.1. The molecule has 116 valence electrons. The molecule has 0 aromatic heterocycles. The summed E-state index contributed by atoms with van der Waals surface area (Å²) < 4.78 is 0. The number of hydrogen-bond donors (Lipinski definition) is 2. The van der Waals surface area contributed by atoms with Crippen LogP contribution in [0, 0.1) is 6.92 Å². The second-order valence-electron chi connectivity index (χ2n) is 6.24. The fraction of sp³-hybridized carbons (Fsp3) is 0.368. The number of benzene rings is 2. The first-order valence-electron chi connectivity index (χ1n) is 8.11. The average molecular weight is 295 g/mol. The normalized spacial score (nSPS) is 18.3. The van der Waals surface area contributed by atoms with Crippen LogP contribution in [0.2, 0.25) is 0 Å². The molecule has 1 fully saturated rings. The summed E-state index contributed by atoms with van der Waals surface area (Å²) in [6, 6.07) is 17.6. The lowest BCUT2D eigenvalue weighted by atomic mass is 10.1. The predicted octanol–water partition coefficient (Wildman–Crippen LogP) is 3.53. The smallest absolute Gasteiger partial charge is 0.0401 e. The summed E-state index contributed by atoms with van der Waals surface area (Å²) in [5.74, 6) is 0. The maximum absolute atomic E-state index is 6.09. The largest absolute Gasteiger partial charge is 0.381 e. The Bertz CT molecular complexity index is 606. The van der Waals surface area contributed by atoms with E-state index in [1.807, 2.05) is 0 Å². The van der Waals surface area contributed by atoms with Gasteiger partial charge in [0, 0.05) is 37.1 Å². The Labute approximate surface area is 133 Å². The number of nitrogens with zero attached hydrogens (tertiary/aromatic N) is 1. The van der Waals surface area contributed by atoms with Crippen LogP contribution in [-0.2, 0) is 6.54 Å². The highest BCUT2D eigenvalue weighted by Crippen LogP contribution is 2.21. The molecule has 0 amide bonds. The molecule has 1 aliphatic heterocycles. The summed E-state index contributed by atoms with van der Waals surface area (Å²) in [6.45, 7) is 5.03. The number of nitrogens with one attached hydrogen (secondary N) is 1. The monoisotopic (exact) mass is 295 g/mol. The number of piperidine rings is 1. The van der Waals surface area contributed by atoms with Crippen LogP contribution in [0.25, 0.3) is 0 Å². The fourth-order valence-electron chi connectivity index (χ4n) is 2.98. The highest BCUT2D eigenvalue weighted by Gasteiger charge is 2.16. The number of hydrogen-bond acceptors (Lipinski definition) is 3. The summed E-state index contributed by atoms with van der Waals surface area (Å²) in [5, 5.41) is 3.48. The lowest BCUT2D eigenvalue weighted by Gasteiger charge is -2.32. The zero-order valence-corrected chi connectivity index (χ0v) is 13.3. The standard InChI is InChI=1S/C19H25N3/c1-15-7-9-18(10-8-15)21-13-16-4-2-6-19(12-16)22-11-3-5-17(20)14-22/h2,4,6-10,12,17,21H,3,5,11,13-14,20H2,1H3. The zero-order valence-electron chi connectivity index (χ0n) is 13.3. The minimum Gasteiger partial charge on any atom is -0.381 e. The van der Waals surface area contributed by atoms with Gasteiger partial charge >= 0.3 is 0 Å². The molecule has 1 aliphatic rings. The quantitative estimate of drug-likeness (QED) is 0.906. The van der Waals surface area contributed by atoms with Crippen LogP contribution in [0.5, 0.6) is 0 Å². The van der Waals surface area contributed by atoms with E-state index in [0.717, 1.165) is 31.7 Å². The molecule has 0 radical (unpaired) electrons. The minimum absolute atomic E-state index is 0.308. The van der Waals surface area contributed by atoms with E-state index in [4.69, 9.17) is 5.73 Å². The Morgan fingerprint density at radius 3 is 2.77 bits per heavy atom. The van der Waals surface area contributed by atoms with E-state index in [1.165, 1.54) is 23.2 Å². The van der Waals surface area contributed by atoms with E-state index >= 15 is 0 Å². The molecule has 0 aliphatic carbocycles. The third-order valence-electron chi connectivity index (χ3n) is 4.28. The SMILES string of the molecule is Cc1ccc(NCc2cccc(N3CCCC(N)C3)c2)cc1. The van der Waals surface area contributed by atoms with Gasteiger partial charge in [-0.2, -0.15) is 0 Å². The summed E-state index contributed by atoms with van der Waals surface area (Å²) >= 11 is 0. The molecule has 3 N–H and O–H groups in total. The fourth-order valence-corrected chi connectivity index (χ4v) is 2.98. The van der Waals surface area contributed by atoms with E-state index in [2.05, 4.69) is 65.7 Å². The number of rotatable bonds is 4. The Morgan fingerprint density at radius 2 is 2.00 bits per heavy atom. The molecule has 1 atom stereocenters. The predicted molar refractivity (Wildman–Crippen MR) is 94.4 cm³/mol. The van der Waals surface area contributed by atoms with Gasteiger partial charge in [-0.15, -0.1) is 0 Å². The molecule has 0 bridgehead atoms. The maximum Gasteiger partial charge on any atom is 0.0401 e. The Hall–Kier alpha value is -2.00. The van der Waals surface area contributed by atoms with E-state index in [0.29, 0.717) is 6.04 Å². The Balaban J connectivity index is 1.64. The molecule has 2 aromatic rings. The molecule has 3 rings (SSSR count). The molecule has 0 saturated carbocycles. The zero-order chi connectivity index (χ0) is 15.4. The van der Waals surface area contributed by atoms with Gasteiger partial charge in [-0.3, -0.25) is 0 Å². The van der Waals surface area contributed by atoms with Crippen LogP contribution >= 0.6 is 0 Å². The molecule has 3 nitrogen and oxygen atoms in total. The van der Waals surface area contributed by atoms with Crippen molar-refractivity contribution in [3.63, 3.8) is 0 Å². The van der Waals surface area contributed by atoms with Gasteiger partial charge in [-0.1, -0.05) is 29.8 Å². The third kappa shape index (κ3) is 3.80. The van der Waals surface area contributed by atoms with Crippen LogP contribution in [0.15, 0.2) is 48.5 Å². The average Bonchev–Trinajstić information content (AvgIpc) is 2.55. The van der Waals surface area contributed by atoms with E-state index in [1.54, 1.807) is 0 Å². The van der Waals surface area contributed by atoms with E-state index in [-0.39, 0.29) is 0 Å². The van der Waals surface area contributed by atoms with Crippen molar-refractivity contribution in [1.29, 1.82) is 0 Å². The number of aryl methyl sites for hydroxylation is 1. The molecule has 0 spiro atoms. The van der Waals surface area contributed by atoms with Crippen LogP contribution < -0.4 is 16.0 Å². The van der Waals surface area contributed by atoms with Gasteiger partial charge in [0.05, 0.1) is 0 Å². The van der Waals surface area contributed by atoms with Crippen molar-refractivity contribution in [2.24, 2.45) is 5.73 Å². The number of anilines is 2. The van der Waals surface area contributed by atoms with Crippen LogP contribution in [0.1, 0.15) is 24.0 Å². The second-order valence-corrected chi connectivity index (χ2v) is 6.24. The van der Waals surface area contributed by atoms with Gasteiger partial charge in [0.2, 0.25) is 0 Å². The Morgan fingerprint density at radius 1 is 1.18 bits per heavy atom. The van der Waals surface area contributed by atoms with Crippen LogP contribution in [0.3, 0.4) is 0 Å². The minimum atomic E-state index is 0.308. The lowest BCUT2D eigenvalue weighted by Crippen LogP contribution is -2.42. The maximum atomic E-state index is 6.09.